The number of ether oxygens (including phenoxy) is 1. The van der Waals surface area contributed by atoms with Gasteiger partial charge in [0.25, 0.3) is 0 Å². The van der Waals surface area contributed by atoms with Gasteiger partial charge in [0, 0.05) is 17.6 Å². The van der Waals surface area contributed by atoms with Crippen molar-refractivity contribution in [2.45, 2.75) is 18.3 Å². The number of methoxy groups -OCH3 is 1. The van der Waals surface area contributed by atoms with Gasteiger partial charge in [-0.25, -0.2) is 9.18 Å². The molecule has 2 aromatic carbocycles. The number of carbonyl (C=O) groups is 3. The van der Waals surface area contributed by atoms with E-state index in [-0.39, 0.29) is 11.2 Å². The normalized spacial score (nSPS) is 14.1. The molecule has 1 fully saturated rings. The third-order valence-corrected chi connectivity index (χ3v) is 4.67. The molecule has 0 aromatic heterocycles. The highest BCUT2D eigenvalue weighted by atomic mass is 19.1. The molecular weight excluding hydrogens is 351 g/mol. The van der Waals surface area contributed by atoms with Crippen molar-refractivity contribution in [2.24, 2.45) is 0 Å². The molecule has 6 nitrogen and oxygen atoms in total. The molecule has 1 aliphatic rings. The van der Waals surface area contributed by atoms with Crippen LogP contribution in [0.15, 0.2) is 48.5 Å². The van der Waals surface area contributed by atoms with E-state index in [4.69, 9.17) is 0 Å². The summed E-state index contributed by atoms with van der Waals surface area (Å²) in [6.07, 6.45) is 1.74. The third kappa shape index (κ3) is 4.31. The molecule has 7 heteroatoms. The van der Waals surface area contributed by atoms with E-state index in [2.05, 4.69) is 15.4 Å². The van der Waals surface area contributed by atoms with Gasteiger partial charge in [-0.3, -0.25) is 9.59 Å². The lowest BCUT2D eigenvalue weighted by Gasteiger charge is -2.16. The second kappa shape index (κ2) is 7.57. The molecule has 1 saturated carbocycles. The Kier molecular flexibility index (Phi) is 5.21. The van der Waals surface area contributed by atoms with E-state index in [0.29, 0.717) is 17.8 Å². The molecule has 2 amide bonds. The minimum atomic E-state index is -0.796. The summed E-state index contributed by atoms with van der Waals surface area (Å²) >= 11 is 0. The number of halogens is 1. The summed E-state index contributed by atoms with van der Waals surface area (Å²) in [5.74, 6) is -2.34. The average Bonchev–Trinajstić information content (AvgIpc) is 3.47. The molecule has 3 rings (SSSR count). The maximum absolute atomic E-state index is 13.1. The van der Waals surface area contributed by atoms with E-state index in [1.165, 1.54) is 43.5 Å². The van der Waals surface area contributed by atoms with Crippen LogP contribution in [0.3, 0.4) is 0 Å². The van der Waals surface area contributed by atoms with Crippen molar-refractivity contribution in [1.82, 2.24) is 5.32 Å². The molecule has 27 heavy (non-hydrogen) atoms. The second-order valence-corrected chi connectivity index (χ2v) is 6.49. The topological polar surface area (TPSA) is 84.5 Å². The van der Waals surface area contributed by atoms with Crippen LogP contribution >= 0.6 is 0 Å². The molecule has 1 aliphatic carbocycles. The summed E-state index contributed by atoms with van der Waals surface area (Å²) in [5, 5.41) is 5.12. The zero-order valence-electron chi connectivity index (χ0n) is 14.8. The number of carbonyl (C=O) groups excluding carboxylic acids is 3. The Hall–Kier alpha value is -3.22. The van der Waals surface area contributed by atoms with Crippen LogP contribution < -0.4 is 10.6 Å². The molecule has 0 atom stereocenters. The second-order valence-electron chi connectivity index (χ2n) is 6.49. The molecule has 0 radical (unpaired) electrons. The monoisotopic (exact) mass is 370 g/mol. The summed E-state index contributed by atoms with van der Waals surface area (Å²) < 4.78 is 17.7. The molecule has 0 aliphatic heterocycles. The Labute approximate surface area is 155 Å². The Bertz CT molecular complexity index is 859. The Morgan fingerprint density at radius 1 is 1.00 bits per heavy atom. The van der Waals surface area contributed by atoms with Crippen LogP contribution in [0.4, 0.5) is 10.1 Å². The Morgan fingerprint density at radius 2 is 1.63 bits per heavy atom. The molecule has 0 unspecified atom stereocenters. The number of esters is 1. The maximum atomic E-state index is 13.1. The van der Waals surface area contributed by atoms with Gasteiger partial charge < -0.3 is 15.4 Å². The van der Waals surface area contributed by atoms with Gasteiger partial charge in [-0.05, 0) is 54.8 Å². The maximum Gasteiger partial charge on any atom is 0.337 e. The highest BCUT2D eigenvalue weighted by Gasteiger charge is 2.44. The van der Waals surface area contributed by atoms with E-state index in [1.807, 2.05) is 0 Å². The smallest absolute Gasteiger partial charge is 0.337 e. The fraction of sp³-hybridized carbons (Fsp3) is 0.250. The summed E-state index contributed by atoms with van der Waals surface area (Å²) in [6.45, 7) is 0.312. The predicted octanol–water partition coefficient (Wildman–Crippen LogP) is 2.40. The van der Waals surface area contributed by atoms with Crippen molar-refractivity contribution in [2.75, 3.05) is 19.0 Å². The first kappa shape index (κ1) is 18.6. The number of rotatable bonds is 5. The summed E-state index contributed by atoms with van der Waals surface area (Å²) in [4.78, 5) is 35.5. The van der Waals surface area contributed by atoms with E-state index < -0.39 is 17.8 Å². The highest BCUT2D eigenvalue weighted by Crippen LogP contribution is 2.47. The first-order valence-corrected chi connectivity index (χ1v) is 8.47. The molecule has 2 N–H and O–H groups in total. The van der Waals surface area contributed by atoms with Crippen molar-refractivity contribution < 1.29 is 23.5 Å². The van der Waals surface area contributed by atoms with Crippen molar-refractivity contribution in [3.05, 3.63) is 65.5 Å². The molecule has 0 bridgehead atoms. The fourth-order valence-corrected chi connectivity index (χ4v) is 2.85. The minimum absolute atomic E-state index is 0.230. The number of benzene rings is 2. The SMILES string of the molecule is COC(=O)c1ccc(NC(=O)C(=O)NCC2(c3ccc(F)cc3)CC2)cc1. The number of hydrogen-bond acceptors (Lipinski definition) is 4. The molecule has 140 valence electrons. The van der Waals surface area contributed by atoms with Crippen LogP contribution in [0.2, 0.25) is 0 Å². The first-order chi connectivity index (χ1) is 12.9. The largest absolute Gasteiger partial charge is 0.465 e. The lowest BCUT2D eigenvalue weighted by Crippen LogP contribution is -2.39. The van der Waals surface area contributed by atoms with Gasteiger partial charge in [0.1, 0.15) is 5.82 Å². The van der Waals surface area contributed by atoms with Crippen LogP contribution in [0.1, 0.15) is 28.8 Å². The quantitative estimate of drug-likeness (QED) is 0.625. The van der Waals surface area contributed by atoms with Crippen LogP contribution in [0.25, 0.3) is 0 Å². The summed E-state index contributed by atoms with van der Waals surface area (Å²) in [6, 6.07) is 12.2. The van der Waals surface area contributed by atoms with E-state index in [0.717, 1.165) is 18.4 Å². The third-order valence-electron chi connectivity index (χ3n) is 4.67. The Balaban J connectivity index is 1.54. The van der Waals surface area contributed by atoms with Crippen molar-refractivity contribution >= 4 is 23.5 Å². The van der Waals surface area contributed by atoms with Gasteiger partial charge in [0.15, 0.2) is 0 Å². The van der Waals surface area contributed by atoms with Crippen LogP contribution in [-0.4, -0.2) is 31.4 Å². The van der Waals surface area contributed by atoms with Gasteiger partial charge in [0.2, 0.25) is 0 Å². The molecule has 0 spiro atoms. The zero-order valence-corrected chi connectivity index (χ0v) is 14.8. The zero-order chi connectivity index (χ0) is 19.4. The lowest BCUT2D eigenvalue weighted by molar-refractivity contribution is -0.136. The minimum Gasteiger partial charge on any atom is -0.465 e. The molecule has 0 saturated heterocycles. The average molecular weight is 370 g/mol. The summed E-state index contributed by atoms with van der Waals surface area (Å²) in [5.41, 5.74) is 1.45. The van der Waals surface area contributed by atoms with Gasteiger partial charge in [-0.15, -0.1) is 0 Å². The van der Waals surface area contributed by atoms with E-state index in [1.54, 1.807) is 12.1 Å². The van der Waals surface area contributed by atoms with Gasteiger partial charge in [-0.1, -0.05) is 12.1 Å². The number of hydrogen-bond donors (Lipinski definition) is 2. The van der Waals surface area contributed by atoms with Crippen LogP contribution in [-0.2, 0) is 19.7 Å². The standard InChI is InChI=1S/C20H19FN2O4/c1-27-19(26)13-2-8-16(9-3-13)23-18(25)17(24)22-12-20(10-11-20)14-4-6-15(21)7-5-14/h2-9H,10-12H2,1H3,(H,22,24)(H,23,25). The lowest BCUT2D eigenvalue weighted by atomic mass is 9.96. The number of amides is 2. The van der Waals surface area contributed by atoms with Crippen molar-refractivity contribution in [3.63, 3.8) is 0 Å². The summed E-state index contributed by atoms with van der Waals surface area (Å²) in [7, 11) is 1.28. The fourth-order valence-electron chi connectivity index (χ4n) is 2.85. The number of anilines is 1. The molecule has 0 heterocycles. The van der Waals surface area contributed by atoms with Gasteiger partial charge in [-0.2, -0.15) is 0 Å². The molecular formula is C20H19FN2O4. The van der Waals surface area contributed by atoms with Gasteiger partial charge >= 0.3 is 17.8 Å². The Morgan fingerprint density at radius 3 is 2.19 bits per heavy atom. The van der Waals surface area contributed by atoms with Crippen molar-refractivity contribution in [1.29, 1.82) is 0 Å². The first-order valence-electron chi connectivity index (χ1n) is 8.47. The molecule has 2 aromatic rings. The number of nitrogens with one attached hydrogen (secondary N) is 2. The van der Waals surface area contributed by atoms with E-state index >= 15 is 0 Å². The predicted molar refractivity (Wildman–Crippen MR) is 96.7 cm³/mol. The van der Waals surface area contributed by atoms with E-state index in [9.17, 15) is 18.8 Å². The van der Waals surface area contributed by atoms with Crippen molar-refractivity contribution in [3.8, 4) is 0 Å². The van der Waals surface area contributed by atoms with Crippen LogP contribution in [0.5, 0.6) is 0 Å². The highest BCUT2D eigenvalue weighted by molar-refractivity contribution is 6.39. The van der Waals surface area contributed by atoms with Gasteiger partial charge in [0.05, 0.1) is 12.7 Å². The van der Waals surface area contributed by atoms with Crippen LogP contribution in [0, 0.1) is 5.82 Å².